The van der Waals surface area contributed by atoms with Crippen LogP contribution in [0, 0.1) is 13.8 Å². The molecule has 0 aliphatic rings. The summed E-state index contributed by atoms with van der Waals surface area (Å²) in [5.41, 5.74) is 2.47. The Balaban J connectivity index is 1.98. The first-order valence-corrected chi connectivity index (χ1v) is 7.21. The highest BCUT2D eigenvalue weighted by atomic mass is 35.5. The van der Waals surface area contributed by atoms with Crippen molar-refractivity contribution in [3.8, 4) is 11.5 Å². The fraction of sp³-hybridized carbons (Fsp3) is 0.235. The van der Waals surface area contributed by atoms with Crippen LogP contribution in [0.25, 0.3) is 0 Å². The number of nitrogens with one attached hydrogen (secondary N) is 1. The number of benzene rings is 2. The molecule has 0 aromatic heterocycles. The third kappa shape index (κ3) is 4.15. The molecule has 22 heavy (non-hydrogen) atoms. The van der Waals surface area contributed by atoms with Crippen molar-refractivity contribution in [2.75, 3.05) is 19.0 Å². The molecular formula is C17H18ClNO3. The van der Waals surface area contributed by atoms with Crippen LogP contribution in [0.15, 0.2) is 36.4 Å². The topological polar surface area (TPSA) is 47.6 Å². The molecule has 0 heterocycles. The van der Waals surface area contributed by atoms with Crippen LogP contribution in [0.2, 0.25) is 5.02 Å². The average Bonchev–Trinajstić information content (AvgIpc) is 2.46. The van der Waals surface area contributed by atoms with Gasteiger partial charge in [-0.05, 0) is 49.2 Å². The van der Waals surface area contributed by atoms with Gasteiger partial charge in [-0.3, -0.25) is 4.79 Å². The summed E-state index contributed by atoms with van der Waals surface area (Å²) in [6, 6.07) is 10.8. The van der Waals surface area contributed by atoms with E-state index in [0.29, 0.717) is 22.2 Å². The van der Waals surface area contributed by atoms with Gasteiger partial charge in [-0.15, -0.1) is 0 Å². The first-order valence-electron chi connectivity index (χ1n) is 6.83. The van der Waals surface area contributed by atoms with E-state index in [2.05, 4.69) is 5.32 Å². The standard InChI is InChI=1S/C17H18ClNO3/c1-11-7-13(18)8-12(2)17(11)22-10-16(20)19-14-5-4-6-15(9-14)21-3/h4-9H,10H2,1-3H3,(H,19,20). The van der Waals surface area contributed by atoms with E-state index >= 15 is 0 Å². The van der Waals surface area contributed by atoms with Gasteiger partial charge in [-0.25, -0.2) is 0 Å². The van der Waals surface area contributed by atoms with E-state index < -0.39 is 0 Å². The lowest BCUT2D eigenvalue weighted by atomic mass is 10.1. The van der Waals surface area contributed by atoms with Crippen molar-refractivity contribution in [3.05, 3.63) is 52.5 Å². The van der Waals surface area contributed by atoms with E-state index in [4.69, 9.17) is 21.1 Å². The summed E-state index contributed by atoms with van der Waals surface area (Å²) >= 11 is 5.97. The molecular weight excluding hydrogens is 302 g/mol. The fourth-order valence-corrected chi connectivity index (χ4v) is 2.49. The van der Waals surface area contributed by atoms with Crippen molar-refractivity contribution in [1.82, 2.24) is 0 Å². The molecule has 1 amide bonds. The molecule has 0 saturated carbocycles. The molecule has 0 aliphatic carbocycles. The molecule has 0 spiro atoms. The van der Waals surface area contributed by atoms with E-state index in [1.54, 1.807) is 19.2 Å². The zero-order chi connectivity index (χ0) is 16.1. The van der Waals surface area contributed by atoms with E-state index in [-0.39, 0.29) is 12.5 Å². The second kappa shape index (κ2) is 7.18. The molecule has 0 saturated heterocycles. The third-order valence-corrected chi connectivity index (χ3v) is 3.34. The number of aryl methyl sites for hydroxylation is 2. The predicted octanol–water partition coefficient (Wildman–Crippen LogP) is 3.98. The summed E-state index contributed by atoms with van der Waals surface area (Å²) in [4.78, 5) is 12.0. The summed E-state index contributed by atoms with van der Waals surface area (Å²) in [5, 5.41) is 3.42. The second-order valence-electron chi connectivity index (χ2n) is 4.94. The lowest BCUT2D eigenvalue weighted by Crippen LogP contribution is -2.20. The molecule has 4 nitrogen and oxygen atoms in total. The smallest absolute Gasteiger partial charge is 0.262 e. The van der Waals surface area contributed by atoms with Crippen LogP contribution in [0.5, 0.6) is 11.5 Å². The zero-order valence-corrected chi connectivity index (χ0v) is 13.5. The maximum absolute atomic E-state index is 12.0. The number of hydrogen-bond acceptors (Lipinski definition) is 3. The first-order chi connectivity index (χ1) is 10.5. The molecule has 2 rings (SSSR count). The number of amides is 1. The highest BCUT2D eigenvalue weighted by Crippen LogP contribution is 2.27. The summed E-state index contributed by atoms with van der Waals surface area (Å²) < 4.78 is 10.7. The quantitative estimate of drug-likeness (QED) is 0.906. The Morgan fingerprint density at radius 3 is 2.50 bits per heavy atom. The van der Waals surface area contributed by atoms with Crippen LogP contribution in [0.3, 0.4) is 0 Å². The van der Waals surface area contributed by atoms with Gasteiger partial charge < -0.3 is 14.8 Å². The van der Waals surface area contributed by atoms with Gasteiger partial charge >= 0.3 is 0 Å². The van der Waals surface area contributed by atoms with Gasteiger partial charge in [-0.1, -0.05) is 17.7 Å². The molecule has 0 atom stereocenters. The SMILES string of the molecule is COc1cccc(NC(=O)COc2c(C)cc(Cl)cc2C)c1. The Hall–Kier alpha value is -2.20. The van der Waals surface area contributed by atoms with Gasteiger partial charge in [0.1, 0.15) is 11.5 Å². The normalized spacial score (nSPS) is 10.2. The van der Waals surface area contributed by atoms with Crippen LogP contribution in [0.1, 0.15) is 11.1 Å². The Kier molecular flexibility index (Phi) is 5.28. The van der Waals surface area contributed by atoms with E-state index in [1.165, 1.54) is 0 Å². The third-order valence-electron chi connectivity index (χ3n) is 3.13. The number of carbonyl (C=O) groups is 1. The highest BCUT2D eigenvalue weighted by Gasteiger charge is 2.09. The molecule has 2 aromatic rings. The van der Waals surface area contributed by atoms with Gasteiger partial charge in [0, 0.05) is 16.8 Å². The minimum atomic E-state index is -0.234. The van der Waals surface area contributed by atoms with Crippen molar-refractivity contribution in [2.24, 2.45) is 0 Å². The number of ether oxygens (including phenoxy) is 2. The van der Waals surface area contributed by atoms with Crippen molar-refractivity contribution in [1.29, 1.82) is 0 Å². The van der Waals surface area contributed by atoms with Crippen LogP contribution >= 0.6 is 11.6 Å². The summed E-state index contributed by atoms with van der Waals surface area (Å²) in [5.74, 6) is 1.13. The lowest BCUT2D eigenvalue weighted by molar-refractivity contribution is -0.118. The van der Waals surface area contributed by atoms with Gasteiger partial charge in [0.15, 0.2) is 6.61 Å². The average molecular weight is 320 g/mol. The summed E-state index contributed by atoms with van der Waals surface area (Å²) in [6.07, 6.45) is 0. The van der Waals surface area contributed by atoms with Crippen molar-refractivity contribution < 1.29 is 14.3 Å². The van der Waals surface area contributed by atoms with Gasteiger partial charge in [-0.2, -0.15) is 0 Å². The molecule has 1 N–H and O–H groups in total. The number of methoxy groups -OCH3 is 1. The zero-order valence-electron chi connectivity index (χ0n) is 12.8. The van der Waals surface area contributed by atoms with Gasteiger partial charge in [0.05, 0.1) is 7.11 Å². The number of halogens is 1. The van der Waals surface area contributed by atoms with Crippen LogP contribution in [0.4, 0.5) is 5.69 Å². The van der Waals surface area contributed by atoms with Crippen LogP contribution in [-0.4, -0.2) is 19.6 Å². The molecule has 2 aromatic carbocycles. The van der Waals surface area contributed by atoms with E-state index in [9.17, 15) is 4.79 Å². The maximum Gasteiger partial charge on any atom is 0.262 e. The van der Waals surface area contributed by atoms with Crippen LogP contribution < -0.4 is 14.8 Å². The Morgan fingerprint density at radius 2 is 1.86 bits per heavy atom. The monoisotopic (exact) mass is 319 g/mol. The molecule has 116 valence electrons. The minimum absolute atomic E-state index is 0.0689. The second-order valence-corrected chi connectivity index (χ2v) is 5.37. The van der Waals surface area contributed by atoms with E-state index in [0.717, 1.165) is 11.1 Å². The molecule has 0 unspecified atom stereocenters. The van der Waals surface area contributed by atoms with Gasteiger partial charge in [0.2, 0.25) is 0 Å². The molecule has 0 fully saturated rings. The van der Waals surface area contributed by atoms with E-state index in [1.807, 2.05) is 38.1 Å². The number of hydrogen-bond donors (Lipinski definition) is 1. The van der Waals surface area contributed by atoms with Crippen molar-refractivity contribution in [2.45, 2.75) is 13.8 Å². The lowest BCUT2D eigenvalue weighted by Gasteiger charge is -2.13. The predicted molar refractivity (Wildman–Crippen MR) is 88.0 cm³/mol. The number of carbonyl (C=O) groups excluding carboxylic acids is 1. The molecule has 0 bridgehead atoms. The summed E-state index contributed by atoms with van der Waals surface area (Å²) in [7, 11) is 1.58. The van der Waals surface area contributed by atoms with Crippen LogP contribution in [-0.2, 0) is 4.79 Å². The van der Waals surface area contributed by atoms with Crippen molar-refractivity contribution >= 4 is 23.2 Å². The summed E-state index contributed by atoms with van der Waals surface area (Å²) in [6.45, 7) is 3.73. The molecule has 5 heteroatoms. The largest absolute Gasteiger partial charge is 0.497 e. The van der Waals surface area contributed by atoms with Gasteiger partial charge in [0.25, 0.3) is 5.91 Å². The Bertz CT molecular complexity index is 662. The van der Waals surface area contributed by atoms with Crippen molar-refractivity contribution in [3.63, 3.8) is 0 Å². The Morgan fingerprint density at radius 1 is 1.18 bits per heavy atom. The minimum Gasteiger partial charge on any atom is -0.497 e. The maximum atomic E-state index is 12.0. The Labute approximate surface area is 135 Å². The number of rotatable bonds is 5. The first kappa shape index (κ1) is 16.2. The fourth-order valence-electron chi connectivity index (χ4n) is 2.16. The molecule has 0 aliphatic heterocycles. The number of anilines is 1. The highest BCUT2D eigenvalue weighted by molar-refractivity contribution is 6.30. The molecule has 0 radical (unpaired) electrons.